The van der Waals surface area contributed by atoms with E-state index in [1.165, 1.54) is 17.4 Å². The average Bonchev–Trinajstić information content (AvgIpc) is 2.54. The van der Waals surface area contributed by atoms with E-state index < -0.39 is 0 Å². The Balaban J connectivity index is 2.12. The Hall–Kier alpha value is -2.33. The zero-order valence-corrected chi connectivity index (χ0v) is 14.9. The first-order valence-electron chi connectivity index (χ1n) is 7.83. The Morgan fingerprint density at radius 1 is 1.12 bits per heavy atom. The minimum absolute atomic E-state index is 0.0483. The van der Waals surface area contributed by atoms with Crippen molar-refractivity contribution >= 4 is 34.8 Å². The molecule has 2 rings (SSSR count). The van der Waals surface area contributed by atoms with Gasteiger partial charge in [0, 0.05) is 23.3 Å². The first-order chi connectivity index (χ1) is 11.4. The first kappa shape index (κ1) is 18.0. The normalized spacial score (nSPS) is 10.3. The second kappa shape index (κ2) is 7.97. The largest absolute Gasteiger partial charge is 0.325 e. The number of hydrogen-bond donors (Lipinski definition) is 1. The lowest BCUT2D eigenvalue weighted by molar-refractivity contribution is -0.120. The zero-order chi connectivity index (χ0) is 17.7. The summed E-state index contributed by atoms with van der Waals surface area (Å²) in [6, 6.07) is 12.9. The fourth-order valence-electron chi connectivity index (χ4n) is 2.46. The van der Waals surface area contributed by atoms with Crippen molar-refractivity contribution in [1.29, 1.82) is 0 Å². The lowest BCUT2D eigenvalue weighted by Crippen LogP contribution is -2.37. The van der Waals surface area contributed by atoms with Crippen molar-refractivity contribution in [2.45, 2.75) is 27.2 Å². The molecular weight excluding hydrogens is 324 g/mol. The molecule has 0 aliphatic carbocycles. The summed E-state index contributed by atoms with van der Waals surface area (Å²) in [7, 11) is 0. The van der Waals surface area contributed by atoms with Crippen molar-refractivity contribution < 1.29 is 9.59 Å². The van der Waals surface area contributed by atoms with Gasteiger partial charge in [0.2, 0.25) is 11.8 Å². The van der Waals surface area contributed by atoms with Gasteiger partial charge in [0.1, 0.15) is 6.54 Å². The monoisotopic (exact) mass is 344 g/mol. The third-order valence-electron chi connectivity index (χ3n) is 3.78. The molecule has 2 aromatic rings. The molecular formula is C19H21ClN2O2. The fraction of sp³-hybridized carbons (Fsp3) is 0.263. The van der Waals surface area contributed by atoms with Gasteiger partial charge >= 0.3 is 0 Å². The number of benzene rings is 2. The molecule has 1 N–H and O–H groups in total. The van der Waals surface area contributed by atoms with Gasteiger partial charge in [0.25, 0.3) is 0 Å². The van der Waals surface area contributed by atoms with Gasteiger partial charge < -0.3 is 10.2 Å². The van der Waals surface area contributed by atoms with E-state index in [2.05, 4.69) is 12.2 Å². The molecule has 0 spiro atoms. The van der Waals surface area contributed by atoms with Crippen molar-refractivity contribution in [3.05, 3.63) is 58.6 Å². The molecule has 5 heteroatoms. The molecule has 0 saturated heterocycles. The van der Waals surface area contributed by atoms with E-state index in [0.717, 1.165) is 12.0 Å². The summed E-state index contributed by atoms with van der Waals surface area (Å²) in [5.74, 6) is -0.444. The van der Waals surface area contributed by atoms with Gasteiger partial charge in [-0.05, 0) is 54.8 Å². The van der Waals surface area contributed by atoms with Gasteiger partial charge in [0.15, 0.2) is 0 Å². The summed E-state index contributed by atoms with van der Waals surface area (Å²) in [6.07, 6.45) is 0.947. The summed E-state index contributed by atoms with van der Waals surface area (Å²) in [5, 5.41) is 3.42. The van der Waals surface area contributed by atoms with Crippen molar-refractivity contribution in [2.75, 3.05) is 16.8 Å². The molecule has 0 atom stereocenters. The highest BCUT2D eigenvalue weighted by Gasteiger charge is 2.17. The van der Waals surface area contributed by atoms with Crippen LogP contribution in [-0.2, 0) is 16.0 Å². The maximum Gasteiger partial charge on any atom is 0.244 e. The number of halogens is 1. The van der Waals surface area contributed by atoms with Crippen LogP contribution < -0.4 is 10.2 Å². The number of hydrogen-bond acceptors (Lipinski definition) is 2. The number of nitrogens with zero attached hydrogens (tertiary/aromatic N) is 1. The number of nitrogens with one attached hydrogen (secondary N) is 1. The highest BCUT2D eigenvalue weighted by Crippen LogP contribution is 2.24. The number of aryl methyl sites for hydroxylation is 2. The molecule has 0 aliphatic heterocycles. The van der Waals surface area contributed by atoms with Gasteiger partial charge in [-0.3, -0.25) is 9.59 Å². The number of carbonyl (C=O) groups is 2. The Bertz CT molecular complexity index is 742. The predicted molar refractivity (Wildman–Crippen MR) is 98.7 cm³/mol. The van der Waals surface area contributed by atoms with Crippen LogP contribution in [-0.4, -0.2) is 18.4 Å². The van der Waals surface area contributed by atoms with Crippen molar-refractivity contribution in [3.63, 3.8) is 0 Å². The number of rotatable bonds is 5. The second-order valence-electron chi connectivity index (χ2n) is 5.63. The number of anilines is 2. The molecule has 0 unspecified atom stereocenters. The van der Waals surface area contributed by atoms with Gasteiger partial charge in [-0.1, -0.05) is 30.7 Å². The highest BCUT2D eigenvalue weighted by atomic mass is 35.5. The Morgan fingerprint density at radius 2 is 1.79 bits per heavy atom. The van der Waals surface area contributed by atoms with E-state index in [1.54, 1.807) is 18.2 Å². The smallest absolute Gasteiger partial charge is 0.244 e. The molecule has 24 heavy (non-hydrogen) atoms. The van der Waals surface area contributed by atoms with Crippen LogP contribution in [0.3, 0.4) is 0 Å². The minimum atomic E-state index is -0.246. The second-order valence-corrected chi connectivity index (χ2v) is 6.07. The number of carbonyl (C=O) groups excluding carboxylic acids is 2. The van der Waals surface area contributed by atoms with Crippen LogP contribution in [0, 0.1) is 6.92 Å². The van der Waals surface area contributed by atoms with Crippen molar-refractivity contribution in [3.8, 4) is 0 Å². The van der Waals surface area contributed by atoms with Crippen LogP contribution in [0.15, 0.2) is 42.5 Å². The third-order valence-corrected chi connectivity index (χ3v) is 4.01. The van der Waals surface area contributed by atoms with E-state index in [-0.39, 0.29) is 18.4 Å². The fourth-order valence-corrected chi connectivity index (χ4v) is 2.68. The Kier molecular flexibility index (Phi) is 5.99. The molecule has 0 saturated carbocycles. The van der Waals surface area contributed by atoms with Gasteiger partial charge in [-0.25, -0.2) is 0 Å². The van der Waals surface area contributed by atoms with Crippen LogP contribution in [0.4, 0.5) is 11.4 Å². The van der Waals surface area contributed by atoms with Crippen molar-refractivity contribution in [2.24, 2.45) is 0 Å². The molecule has 2 amide bonds. The Morgan fingerprint density at radius 3 is 2.33 bits per heavy atom. The summed E-state index contributed by atoms with van der Waals surface area (Å²) in [5.41, 5.74) is 3.45. The van der Waals surface area contributed by atoms with Crippen LogP contribution in [0.5, 0.6) is 0 Å². The lowest BCUT2D eigenvalue weighted by Gasteiger charge is -2.22. The molecule has 0 heterocycles. The molecule has 0 radical (unpaired) electrons. The summed E-state index contributed by atoms with van der Waals surface area (Å²) in [6.45, 7) is 5.33. The molecule has 0 aromatic heterocycles. The van der Waals surface area contributed by atoms with Gasteiger partial charge in [0.05, 0.1) is 0 Å². The maximum atomic E-state index is 12.3. The summed E-state index contributed by atoms with van der Waals surface area (Å²) >= 11 is 5.96. The summed E-state index contributed by atoms with van der Waals surface area (Å²) < 4.78 is 0. The lowest BCUT2D eigenvalue weighted by atomic mass is 10.1. The first-order valence-corrected chi connectivity index (χ1v) is 8.21. The van der Waals surface area contributed by atoms with E-state index in [4.69, 9.17) is 11.6 Å². The van der Waals surface area contributed by atoms with Crippen LogP contribution in [0.2, 0.25) is 5.02 Å². The quantitative estimate of drug-likeness (QED) is 0.883. The van der Waals surface area contributed by atoms with Crippen LogP contribution in [0.1, 0.15) is 25.0 Å². The highest BCUT2D eigenvalue weighted by molar-refractivity contribution is 6.30. The van der Waals surface area contributed by atoms with Gasteiger partial charge in [-0.15, -0.1) is 0 Å². The molecule has 126 valence electrons. The molecule has 0 aliphatic rings. The Labute approximate surface area is 147 Å². The van der Waals surface area contributed by atoms with Gasteiger partial charge in [-0.2, -0.15) is 0 Å². The zero-order valence-electron chi connectivity index (χ0n) is 14.1. The van der Waals surface area contributed by atoms with E-state index in [1.807, 2.05) is 31.2 Å². The third kappa shape index (κ3) is 4.59. The van der Waals surface area contributed by atoms with E-state index >= 15 is 0 Å². The predicted octanol–water partition coefficient (Wildman–Crippen LogP) is 4.20. The topological polar surface area (TPSA) is 49.4 Å². The van der Waals surface area contributed by atoms with E-state index in [0.29, 0.717) is 16.4 Å². The van der Waals surface area contributed by atoms with Crippen molar-refractivity contribution in [1.82, 2.24) is 0 Å². The molecule has 0 fully saturated rings. The van der Waals surface area contributed by atoms with E-state index in [9.17, 15) is 9.59 Å². The average molecular weight is 345 g/mol. The minimum Gasteiger partial charge on any atom is -0.325 e. The SMILES string of the molecule is CCc1ccc(NC(=O)CN(C(C)=O)c2ccc(Cl)cc2C)cc1. The van der Waals surface area contributed by atoms with Crippen LogP contribution >= 0.6 is 11.6 Å². The molecule has 0 bridgehead atoms. The number of amides is 2. The standard InChI is InChI=1S/C19H21ClN2O2/c1-4-15-5-8-17(9-6-15)21-19(24)12-22(14(3)23)18-10-7-16(20)11-13(18)2/h5-11H,4,12H2,1-3H3,(H,21,24). The maximum absolute atomic E-state index is 12.3. The summed E-state index contributed by atoms with van der Waals surface area (Å²) in [4.78, 5) is 25.7. The molecule has 4 nitrogen and oxygen atoms in total. The van der Waals surface area contributed by atoms with Crippen LogP contribution in [0.25, 0.3) is 0 Å². The molecule has 2 aromatic carbocycles.